The van der Waals surface area contributed by atoms with Crippen LogP contribution >= 0.6 is 22.9 Å². The van der Waals surface area contributed by atoms with Gasteiger partial charge in [-0.2, -0.15) is 8.42 Å². The second-order valence-corrected chi connectivity index (χ2v) is 10.3. The summed E-state index contributed by atoms with van der Waals surface area (Å²) in [5, 5.41) is 4.10. The molecule has 0 bridgehead atoms. The van der Waals surface area contributed by atoms with Crippen molar-refractivity contribution in [2.45, 2.75) is 17.7 Å². The maximum atomic E-state index is 12.7. The molecular weight excluding hydrogens is 444 g/mol. The summed E-state index contributed by atoms with van der Waals surface area (Å²) >= 11 is 7.40. The normalized spacial score (nSPS) is 18.3. The summed E-state index contributed by atoms with van der Waals surface area (Å²) in [7, 11) is -3.64. The molecule has 1 amide bonds. The number of carbonyl (C=O) groups excluding carboxylic acids is 1. The van der Waals surface area contributed by atoms with Gasteiger partial charge in [0.1, 0.15) is 4.90 Å². The first kappa shape index (κ1) is 19.5. The van der Waals surface area contributed by atoms with Crippen LogP contribution in [0.15, 0.2) is 51.8 Å². The van der Waals surface area contributed by atoms with Crippen molar-refractivity contribution >= 4 is 60.1 Å². The van der Waals surface area contributed by atoms with Crippen LogP contribution in [0.25, 0.3) is 10.2 Å². The van der Waals surface area contributed by atoms with Crippen LogP contribution in [0.3, 0.4) is 0 Å². The van der Waals surface area contributed by atoms with Crippen molar-refractivity contribution in [3.63, 3.8) is 0 Å². The van der Waals surface area contributed by atoms with E-state index in [9.17, 15) is 13.2 Å². The number of amidine groups is 1. The molecule has 5 rings (SSSR count). The number of carbonyl (C=O) groups is 1. The quantitative estimate of drug-likeness (QED) is 0.628. The molecule has 2 aromatic carbocycles. The highest BCUT2D eigenvalue weighted by Gasteiger charge is 2.34. The number of thiazole rings is 1. The minimum Gasteiger partial charge on any atom is -0.355 e. The van der Waals surface area contributed by atoms with E-state index in [1.165, 1.54) is 11.3 Å². The Morgan fingerprint density at radius 1 is 1.17 bits per heavy atom. The summed E-state index contributed by atoms with van der Waals surface area (Å²) in [5.74, 6) is 0.249. The lowest BCUT2D eigenvalue weighted by atomic mass is 9.95. The number of anilines is 1. The van der Waals surface area contributed by atoms with Crippen LogP contribution in [0, 0.1) is 5.92 Å². The molecule has 2 aliphatic heterocycles. The van der Waals surface area contributed by atoms with E-state index >= 15 is 0 Å². The number of nitrogens with zero attached hydrogens (tertiary/aromatic N) is 3. The standard InChI is InChI=1S/C20H17ClN4O3S2/c21-13-5-6-15-16(11-13)29-20(22-15)23-19(26)12-7-9-25(10-8-12)18-14-3-1-2-4-17(14)30(27,28)24-18/h1-6,11-12H,7-10H2,(H,22,23,26). The molecule has 0 aliphatic carbocycles. The molecule has 1 N–H and O–H groups in total. The molecule has 1 saturated heterocycles. The molecule has 1 aromatic heterocycles. The summed E-state index contributed by atoms with van der Waals surface area (Å²) in [6.07, 6.45) is 1.23. The largest absolute Gasteiger partial charge is 0.355 e. The molecule has 3 heterocycles. The molecule has 0 radical (unpaired) electrons. The fourth-order valence-electron chi connectivity index (χ4n) is 3.83. The van der Waals surface area contributed by atoms with Gasteiger partial charge in [0.25, 0.3) is 10.0 Å². The highest BCUT2D eigenvalue weighted by molar-refractivity contribution is 7.90. The average Bonchev–Trinajstić information content (AvgIpc) is 3.25. The molecule has 10 heteroatoms. The van der Waals surface area contributed by atoms with Crippen molar-refractivity contribution in [2.24, 2.45) is 10.3 Å². The molecule has 2 aliphatic rings. The third-order valence-electron chi connectivity index (χ3n) is 5.36. The molecule has 30 heavy (non-hydrogen) atoms. The van der Waals surface area contributed by atoms with Gasteiger partial charge < -0.3 is 10.2 Å². The van der Waals surface area contributed by atoms with Gasteiger partial charge in [0.05, 0.1) is 10.2 Å². The van der Waals surface area contributed by atoms with Gasteiger partial charge in [-0.05, 0) is 43.2 Å². The molecule has 0 spiro atoms. The topological polar surface area (TPSA) is 91.7 Å². The lowest BCUT2D eigenvalue weighted by Gasteiger charge is -2.32. The first-order chi connectivity index (χ1) is 14.4. The van der Waals surface area contributed by atoms with Gasteiger partial charge in [-0.15, -0.1) is 4.40 Å². The Morgan fingerprint density at radius 3 is 2.73 bits per heavy atom. The fourth-order valence-corrected chi connectivity index (χ4v) is 6.20. The second kappa shape index (κ2) is 7.33. The van der Waals surface area contributed by atoms with Crippen LogP contribution in [0.5, 0.6) is 0 Å². The van der Waals surface area contributed by atoms with Crippen LogP contribution in [0.2, 0.25) is 5.02 Å². The number of rotatable bonds is 2. The second-order valence-electron chi connectivity index (χ2n) is 7.27. The number of piperidine rings is 1. The van der Waals surface area contributed by atoms with E-state index in [2.05, 4.69) is 14.7 Å². The maximum absolute atomic E-state index is 12.7. The summed E-state index contributed by atoms with van der Waals surface area (Å²) in [4.78, 5) is 19.4. The van der Waals surface area contributed by atoms with E-state index in [-0.39, 0.29) is 16.7 Å². The maximum Gasteiger partial charge on any atom is 0.285 e. The number of aromatic nitrogens is 1. The Labute approximate surface area is 182 Å². The Balaban J connectivity index is 1.26. The molecule has 0 saturated carbocycles. The van der Waals surface area contributed by atoms with Crippen LogP contribution in [-0.4, -0.2) is 43.1 Å². The zero-order chi connectivity index (χ0) is 20.9. The predicted molar refractivity (Wildman–Crippen MR) is 118 cm³/mol. The monoisotopic (exact) mass is 460 g/mol. The van der Waals surface area contributed by atoms with Gasteiger partial charge in [-0.3, -0.25) is 4.79 Å². The summed E-state index contributed by atoms with van der Waals surface area (Å²) in [5.41, 5.74) is 1.43. The zero-order valence-corrected chi connectivity index (χ0v) is 18.1. The van der Waals surface area contributed by atoms with E-state index < -0.39 is 10.0 Å². The van der Waals surface area contributed by atoms with E-state index in [0.717, 1.165) is 10.2 Å². The number of likely N-dealkylation sites (tertiary alicyclic amines) is 1. The van der Waals surface area contributed by atoms with E-state index in [1.54, 1.807) is 30.3 Å². The fraction of sp³-hybridized carbons (Fsp3) is 0.250. The Kier molecular flexibility index (Phi) is 4.76. The molecule has 154 valence electrons. The number of benzene rings is 2. The molecule has 0 unspecified atom stereocenters. The lowest BCUT2D eigenvalue weighted by molar-refractivity contribution is -0.120. The van der Waals surface area contributed by atoms with Crippen molar-refractivity contribution < 1.29 is 13.2 Å². The zero-order valence-electron chi connectivity index (χ0n) is 15.7. The molecular formula is C20H17ClN4O3S2. The number of sulfonamides is 1. The molecule has 3 aromatic rings. The van der Waals surface area contributed by atoms with Gasteiger partial charge in [-0.1, -0.05) is 35.1 Å². The van der Waals surface area contributed by atoms with Crippen molar-refractivity contribution in [3.8, 4) is 0 Å². The summed E-state index contributed by atoms with van der Waals surface area (Å²) in [6, 6.07) is 12.3. The van der Waals surface area contributed by atoms with Gasteiger partial charge >= 0.3 is 0 Å². The summed E-state index contributed by atoms with van der Waals surface area (Å²) in [6.45, 7) is 1.13. The number of halogens is 1. The number of hydrogen-bond donors (Lipinski definition) is 1. The minimum atomic E-state index is -3.64. The highest BCUT2D eigenvalue weighted by Crippen LogP contribution is 2.31. The summed E-state index contributed by atoms with van der Waals surface area (Å²) < 4.78 is 29.5. The first-order valence-electron chi connectivity index (χ1n) is 9.47. The van der Waals surface area contributed by atoms with Crippen LogP contribution < -0.4 is 5.32 Å². The van der Waals surface area contributed by atoms with Gasteiger partial charge in [0, 0.05) is 29.6 Å². The van der Waals surface area contributed by atoms with E-state index in [4.69, 9.17) is 11.6 Å². The third-order valence-corrected chi connectivity index (χ3v) is 7.85. The third kappa shape index (κ3) is 3.46. The van der Waals surface area contributed by atoms with Gasteiger partial charge in [-0.25, -0.2) is 4.98 Å². The average molecular weight is 461 g/mol. The predicted octanol–water partition coefficient (Wildman–Crippen LogP) is 3.75. The minimum absolute atomic E-state index is 0.0683. The number of hydrogen-bond acceptors (Lipinski definition) is 6. The molecule has 7 nitrogen and oxygen atoms in total. The van der Waals surface area contributed by atoms with Crippen LogP contribution in [-0.2, 0) is 14.8 Å². The number of fused-ring (bicyclic) bond motifs is 2. The Morgan fingerprint density at radius 2 is 1.93 bits per heavy atom. The molecule has 0 atom stereocenters. The van der Waals surface area contributed by atoms with Crippen molar-refractivity contribution in [3.05, 3.63) is 53.1 Å². The van der Waals surface area contributed by atoms with Gasteiger partial charge in [0.2, 0.25) is 5.91 Å². The number of amides is 1. The Hall–Kier alpha value is -2.49. The van der Waals surface area contributed by atoms with Crippen LogP contribution in [0.1, 0.15) is 18.4 Å². The van der Waals surface area contributed by atoms with Gasteiger partial charge in [0.15, 0.2) is 11.0 Å². The Bertz CT molecular complexity index is 1290. The SMILES string of the molecule is O=C(Nc1nc2ccc(Cl)cc2s1)C1CCN(C2=NS(=O)(=O)c3ccccc32)CC1. The van der Waals surface area contributed by atoms with Crippen molar-refractivity contribution in [1.29, 1.82) is 0 Å². The lowest BCUT2D eigenvalue weighted by Crippen LogP contribution is -2.41. The van der Waals surface area contributed by atoms with E-state index in [0.29, 0.717) is 47.5 Å². The first-order valence-corrected chi connectivity index (χ1v) is 12.1. The highest BCUT2D eigenvalue weighted by atomic mass is 35.5. The number of nitrogens with one attached hydrogen (secondary N) is 1. The molecule has 1 fully saturated rings. The van der Waals surface area contributed by atoms with E-state index in [1.807, 2.05) is 17.0 Å². The van der Waals surface area contributed by atoms with Crippen molar-refractivity contribution in [1.82, 2.24) is 9.88 Å². The smallest absolute Gasteiger partial charge is 0.285 e. The van der Waals surface area contributed by atoms with Crippen LogP contribution in [0.4, 0.5) is 5.13 Å². The van der Waals surface area contributed by atoms with Crippen molar-refractivity contribution in [2.75, 3.05) is 18.4 Å².